The van der Waals surface area contributed by atoms with Crippen LogP contribution in [-0.4, -0.2) is 24.6 Å². The van der Waals surface area contributed by atoms with Crippen molar-refractivity contribution in [2.75, 3.05) is 0 Å². The third-order valence-corrected chi connectivity index (χ3v) is 2.44. The Morgan fingerprint density at radius 2 is 1.93 bits per heavy atom. The van der Waals surface area contributed by atoms with Gasteiger partial charge in [-0.2, -0.15) is 0 Å². The Hall–Kier alpha value is -1.60. The quantitative estimate of drug-likeness (QED) is 0.630. The van der Waals surface area contributed by atoms with Crippen LogP contribution in [0.15, 0.2) is 23.1 Å². The van der Waals surface area contributed by atoms with Crippen molar-refractivity contribution >= 4 is 16.0 Å². The lowest BCUT2D eigenvalue weighted by molar-refractivity contribution is 0.0693. The highest BCUT2D eigenvalue weighted by Gasteiger charge is 2.15. The molecule has 0 unspecified atom stereocenters. The van der Waals surface area contributed by atoms with Crippen LogP contribution >= 0.6 is 0 Å². The van der Waals surface area contributed by atoms with E-state index in [1.54, 1.807) is 0 Å². The first-order valence-electron chi connectivity index (χ1n) is 3.41. The number of primary sulfonamides is 1. The molecule has 0 spiro atoms. The SMILES string of the molecule is NS(=O)(=O)c1ccc(O)c(C(=O)O)c1. The van der Waals surface area contributed by atoms with Gasteiger partial charge in [-0.25, -0.2) is 18.4 Å². The molecule has 4 N–H and O–H groups in total. The maximum absolute atomic E-state index is 10.8. The molecule has 0 saturated heterocycles. The van der Waals surface area contributed by atoms with Crippen molar-refractivity contribution in [2.45, 2.75) is 4.90 Å². The number of carboxylic acid groups (broad SMARTS) is 1. The molecule has 0 amide bonds. The molecule has 1 aromatic rings. The summed E-state index contributed by atoms with van der Waals surface area (Å²) in [5.41, 5.74) is -0.503. The van der Waals surface area contributed by atoms with Crippen LogP contribution in [0, 0.1) is 0 Å². The molecule has 0 aromatic heterocycles. The van der Waals surface area contributed by atoms with Gasteiger partial charge in [0.25, 0.3) is 0 Å². The lowest BCUT2D eigenvalue weighted by Crippen LogP contribution is -2.13. The highest BCUT2D eigenvalue weighted by molar-refractivity contribution is 7.89. The Morgan fingerprint density at radius 1 is 1.36 bits per heavy atom. The molecular formula is C7H7NO5S. The van der Waals surface area contributed by atoms with E-state index in [0.717, 1.165) is 18.2 Å². The van der Waals surface area contributed by atoms with Crippen LogP contribution in [0.1, 0.15) is 10.4 Å². The molecule has 1 aromatic carbocycles. The van der Waals surface area contributed by atoms with E-state index in [9.17, 15) is 13.2 Å². The van der Waals surface area contributed by atoms with Gasteiger partial charge in [0, 0.05) is 0 Å². The molecule has 0 aliphatic rings. The number of benzene rings is 1. The fraction of sp³-hybridized carbons (Fsp3) is 0. The van der Waals surface area contributed by atoms with Gasteiger partial charge in [0.2, 0.25) is 10.0 Å². The Balaban J connectivity index is 3.42. The monoisotopic (exact) mass is 217 g/mol. The number of nitrogens with two attached hydrogens (primary N) is 1. The summed E-state index contributed by atoms with van der Waals surface area (Å²) in [7, 11) is -3.95. The molecule has 0 fully saturated rings. The number of hydrogen-bond acceptors (Lipinski definition) is 4. The molecular weight excluding hydrogens is 210 g/mol. The van der Waals surface area contributed by atoms with Gasteiger partial charge in [-0.3, -0.25) is 0 Å². The molecule has 14 heavy (non-hydrogen) atoms. The second-order valence-electron chi connectivity index (χ2n) is 2.53. The molecule has 7 heteroatoms. The Labute approximate surface area is 79.6 Å². The smallest absolute Gasteiger partial charge is 0.339 e. The van der Waals surface area contributed by atoms with Gasteiger partial charge < -0.3 is 10.2 Å². The average Bonchev–Trinajstić information content (AvgIpc) is 2.02. The Kier molecular flexibility index (Phi) is 2.45. The first kappa shape index (κ1) is 10.5. The molecule has 0 radical (unpaired) electrons. The fourth-order valence-electron chi connectivity index (χ4n) is 0.863. The summed E-state index contributed by atoms with van der Waals surface area (Å²) in [5, 5.41) is 22.4. The minimum absolute atomic E-state index is 0.354. The molecule has 0 bridgehead atoms. The topological polar surface area (TPSA) is 118 Å². The number of phenols is 1. The van der Waals surface area contributed by atoms with Gasteiger partial charge >= 0.3 is 5.97 Å². The van der Waals surface area contributed by atoms with Crippen LogP contribution in [0.3, 0.4) is 0 Å². The van der Waals surface area contributed by atoms with Gasteiger partial charge in [-0.05, 0) is 18.2 Å². The largest absolute Gasteiger partial charge is 0.507 e. The maximum Gasteiger partial charge on any atom is 0.339 e. The normalized spacial score (nSPS) is 11.2. The standard InChI is InChI=1S/C7H7NO5S/c8-14(12,13)4-1-2-6(9)5(3-4)7(10)11/h1-3,9H,(H,10,11)(H2,8,12,13). The second kappa shape index (κ2) is 3.28. The van der Waals surface area contributed by atoms with Crippen molar-refractivity contribution in [3.8, 4) is 5.75 Å². The first-order valence-corrected chi connectivity index (χ1v) is 4.96. The van der Waals surface area contributed by atoms with E-state index < -0.39 is 27.3 Å². The Morgan fingerprint density at radius 3 is 2.36 bits per heavy atom. The van der Waals surface area contributed by atoms with Gasteiger partial charge in [-0.1, -0.05) is 0 Å². The predicted molar refractivity (Wildman–Crippen MR) is 46.4 cm³/mol. The summed E-state index contributed by atoms with van der Waals surface area (Å²) in [6, 6.07) is 2.79. The number of sulfonamides is 1. The number of rotatable bonds is 2. The predicted octanol–water partition coefficient (Wildman–Crippen LogP) is -0.262. The zero-order valence-corrected chi connectivity index (χ0v) is 7.65. The van der Waals surface area contributed by atoms with Gasteiger partial charge in [-0.15, -0.1) is 0 Å². The molecule has 0 heterocycles. The summed E-state index contributed by atoms with van der Waals surface area (Å²) in [4.78, 5) is 10.2. The molecule has 76 valence electrons. The van der Waals surface area contributed by atoms with E-state index >= 15 is 0 Å². The zero-order chi connectivity index (χ0) is 10.9. The third-order valence-electron chi connectivity index (χ3n) is 1.53. The number of carbonyl (C=O) groups is 1. The van der Waals surface area contributed by atoms with E-state index in [4.69, 9.17) is 15.4 Å². The van der Waals surface area contributed by atoms with E-state index in [1.165, 1.54) is 0 Å². The second-order valence-corrected chi connectivity index (χ2v) is 4.09. The molecule has 0 aliphatic carbocycles. The first-order chi connectivity index (χ1) is 6.32. The maximum atomic E-state index is 10.8. The minimum Gasteiger partial charge on any atom is -0.507 e. The van der Waals surface area contributed by atoms with Gasteiger partial charge in [0.05, 0.1) is 4.90 Å². The molecule has 0 saturated carbocycles. The summed E-state index contributed by atoms with van der Waals surface area (Å²) in [6.45, 7) is 0. The number of aromatic hydroxyl groups is 1. The fourth-order valence-corrected chi connectivity index (χ4v) is 1.40. The summed E-state index contributed by atoms with van der Waals surface area (Å²) in [5.74, 6) is -1.93. The highest BCUT2D eigenvalue weighted by Crippen LogP contribution is 2.20. The zero-order valence-electron chi connectivity index (χ0n) is 6.84. The van der Waals surface area contributed by atoms with Crippen molar-refractivity contribution in [1.29, 1.82) is 0 Å². The van der Waals surface area contributed by atoms with Crippen LogP contribution in [0.5, 0.6) is 5.75 Å². The number of carboxylic acids is 1. The van der Waals surface area contributed by atoms with Crippen LogP contribution < -0.4 is 5.14 Å². The van der Waals surface area contributed by atoms with Crippen LogP contribution in [0.2, 0.25) is 0 Å². The molecule has 6 nitrogen and oxygen atoms in total. The van der Waals surface area contributed by atoms with Crippen molar-refractivity contribution in [3.05, 3.63) is 23.8 Å². The lowest BCUT2D eigenvalue weighted by atomic mass is 10.2. The number of hydrogen-bond donors (Lipinski definition) is 3. The molecule has 1 rings (SSSR count). The van der Waals surface area contributed by atoms with E-state index in [2.05, 4.69) is 0 Å². The minimum atomic E-state index is -3.95. The number of aromatic carboxylic acids is 1. The van der Waals surface area contributed by atoms with Crippen LogP contribution in [0.4, 0.5) is 0 Å². The van der Waals surface area contributed by atoms with E-state index in [-0.39, 0.29) is 4.90 Å². The lowest BCUT2D eigenvalue weighted by Gasteiger charge is -2.01. The summed E-state index contributed by atoms with van der Waals surface area (Å²) in [6.07, 6.45) is 0. The summed E-state index contributed by atoms with van der Waals surface area (Å²) >= 11 is 0. The van der Waals surface area contributed by atoms with Crippen molar-refractivity contribution < 1.29 is 23.4 Å². The van der Waals surface area contributed by atoms with Crippen LogP contribution in [0.25, 0.3) is 0 Å². The van der Waals surface area contributed by atoms with E-state index in [1.807, 2.05) is 0 Å². The van der Waals surface area contributed by atoms with Crippen molar-refractivity contribution in [2.24, 2.45) is 5.14 Å². The van der Waals surface area contributed by atoms with E-state index in [0.29, 0.717) is 0 Å². The Bertz CT molecular complexity index is 479. The molecule has 0 aliphatic heterocycles. The van der Waals surface area contributed by atoms with Crippen molar-refractivity contribution in [3.63, 3.8) is 0 Å². The average molecular weight is 217 g/mol. The molecule has 0 atom stereocenters. The van der Waals surface area contributed by atoms with Crippen molar-refractivity contribution in [1.82, 2.24) is 0 Å². The summed E-state index contributed by atoms with van der Waals surface area (Å²) < 4.78 is 21.6. The van der Waals surface area contributed by atoms with Crippen LogP contribution in [-0.2, 0) is 10.0 Å². The highest BCUT2D eigenvalue weighted by atomic mass is 32.2. The van der Waals surface area contributed by atoms with Gasteiger partial charge in [0.15, 0.2) is 0 Å². The van der Waals surface area contributed by atoms with Gasteiger partial charge in [0.1, 0.15) is 11.3 Å². The third kappa shape index (κ3) is 2.01.